The molecule has 0 atom stereocenters. The average Bonchev–Trinajstić information content (AvgIpc) is 3.77. The van der Waals surface area contributed by atoms with E-state index in [1.54, 1.807) is 40.0 Å². The smallest absolute Gasteiger partial charge is 0.407 e. The van der Waals surface area contributed by atoms with Gasteiger partial charge in [-0.05, 0) is 70.4 Å². The summed E-state index contributed by atoms with van der Waals surface area (Å²) < 4.78 is 18.3. The molecule has 4 aromatic rings. The van der Waals surface area contributed by atoms with Crippen molar-refractivity contribution in [2.45, 2.75) is 65.2 Å². The van der Waals surface area contributed by atoms with Gasteiger partial charge in [0.15, 0.2) is 5.69 Å². The van der Waals surface area contributed by atoms with Crippen molar-refractivity contribution < 1.29 is 23.8 Å². The summed E-state index contributed by atoms with van der Waals surface area (Å²) >= 11 is 0. The Kier molecular flexibility index (Phi) is 8.98. The monoisotopic (exact) mass is 584 g/mol. The number of aromatic nitrogens is 5. The van der Waals surface area contributed by atoms with Crippen LogP contribution in [0.1, 0.15) is 68.2 Å². The Hall–Kier alpha value is -4.80. The van der Waals surface area contributed by atoms with E-state index in [4.69, 9.17) is 19.3 Å². The Morgan fingerprint density at radius 3 is 2.47 bits per heavy atom. The Morgan fingerprint density at radius 2 is 1.84 bits per heavy atom. The Labute approximate surface area is 250 Å². The van der Waals surface area contributed by atoms with E-state index >= 15 is 0 Å². The summed E-state index contributed by atoms with van der Waals surface area (Å²) in [5.74, 6) is 0.745. The maximum Gasteiger partial charge on any atom is 0.407 e. The van der Waals surface area contributed by atoms with Crippen molar-refractivity contribution in [3.05, 3.63) is 78.1 Å². The zero-order valence-corrected chi connectivity index (χ0v) is 24.9. The van der Waals surface area contributed by atoms with Gasteiger partial charge in [-0.2, -0.15) is 5.10 Å². The molecule has 1 amide bonds. The first kappa shape index (κ1) is 29.7. The number of ether oxygens (including phenoxy) is 3. The van der Waals surface area contributed by atoms with Crippen LogP contribution in [0.3, 0.4) is 0 Å². The van der Waals surface area contributed by atoms with Crippen molar-refractivity contribution in [1.82, 2.24) is 30.0 Å². The fourth-order valence-corrected chi connectivity index (χ4v) is 4.52. The molecule has 0 saturated heterocycles. The van der Waals surface area contributed by atoms with Crippen LogP contribution >= 0.6 is 0 Å². The largest absolute Gasteiger partial charge is 0.489 e. The highest BCUT2D eigenvalue weighted by atomic mass is 16.6. The van der Waals surface area contributed by atoms with Crippen LogP contribution in [-0.4, -0.2) is 55.5 Å². The number of alkyl carbamates (subject to hydrolysis) is 1. The van der Waals surface area contributed by atoms with E-state index in [2.05, 4.69) is 32.4 Å². The first-order chi connectivity index (χ1) is 20.7. The second-order valence-electron chi connectivity index (χ2n) is 11.2. The minimum Gasteiger partial charge on any atom is -0.489 e. The second kappa shape index (κ2) is 13.0. The van der Waals surface area contributed by atoms with Crippen molar-refractivity contribution in [1.29, 1.82) is 0 Å². The number of hydrogen-bond donors (Lipinski definition) is 1. The zero-order chi connectivity index (χ0) is 30.4. The third-order valence-corrected chi connectivity index (χ3v) is 6.63. The Bertz CT molecular complexity index is 1540. The molecule has 0 aliphatic heterocycles. The van der Waals surface area contributed by atoms with Gasteiger partial charge in [0.2, 0.25) is 0 Å². The number of nitrogens with one attached hydrogen (secondary N) is 1. The minimum atomic E-state index is -0.632. The molecule has 0 radical (unpaired) electrons. The quantitative estimate of drug-likeness (QED) is 0.225. The lowest BCUT2D eigenvalue weighted by Crippen LogP contribution is -2.34. The van der Waals surface area contributed by atoms with Gasteiger partial charge in [0.25, 0.3) is 0 Å². The maximum absolute atomic E-state index is 13.3. The van der Waals surface area contributed by atoms with Crippen LogP contribution in [0.5, 0.6) is 5.75 Å². The number of nitrogens with zero attached hydrogens (tertiary/aromatic N) is 5. The molecule has 1 aliphatic carbocycles. The van der Waals surface area contributed by atoms with Crippen molar-refractivity contribution >= 4 is 12.1 Å². The molecule has 0 bridgehead atoms. The number of hydrogen-bond acceptors (Lipinski definition) is 9. The number of carbonyl (C=O) groups excluding carboxylic acids is 2. The molecule has 1 fully saturated rings. The van der Waals surface area contributed by atoms with Crippen LogP contribution in [0.4, 0.5) is 4.79 Å². The van der Waals surface area contributed by atoms with E-state index < -0.39 is 17.7 Å². The molecule has 1 saturated carbocycles. The summed E-state index contributed by atoms with van der Waals surface area (Å²) in [4.78, 5) is 38.5. The van der Waals surface area contributed by atoms with Gasteiger partial charge in [-0.25, -0.2) is 19.6 Å². The lowest BCUT2D eigenvalue weighted by Gasteiger charge is -2.19. The summed E-state index contributed by atoms with van der Waals surface area (Å²) in [5.41, 5.74) is 4.06. The predicted octanol–water partition coefficient (Wildman–Crippen LogP) is 5.56. The number of rotatable bonds is 11. The third kappa shape index (κ3) is 7.73. The van der Waals surface area contributed by atoms with Crippen LogP contribution in [0.2, 0.25) is 0 Å². The molecule has 0 spiro atoms. The van der Waals surface area contributed by atoms with Gasteiger partial charge < -0.3 is 19.5 Å². The Balaban J connectivity index is 1.41. The van der Waals surface area contributed by atoms with Gasteiger partial charge in [-0.15, -0.1) is 0 Å². The van der Waals surface area contributed by atoms with E-state index in [-0.39, 0.29) is 25.4 Å². The fourth-order valence-electron chi connectivity index (χ4n) is 4.52. The van der Waals surface area contributed by atoms with E-state index in [0.717, 1.165) is 16.8 Å². The van der Waals surface area contributed by atoms with Crippen molar-refractivity contribution in [3.8, 4) is 28.3 Å². The standard InChI is InChI=1S/C32H36N6O5/c1-5-41-30(39)29-27(23-9-11-24(12-10-23)42-19-21-6-13-25(35-18-21)22-7-8-22)28(26-14-15-33-20-36-26)37-38(29)17-16-34-31(40)43-32(2,3)4/h6,9-15,18,20,22H,5,7-8,16-17,19H2,1-4H3,(H,34,40). The first-order valence-electron chi connectivity index (χ1n) is 14.4. The van der Waals surface area contributed by atoms with Crippen molar-refractivity contribution in [2.75, 3.05) is 13.2 Å². The topological polar surface area (TPSA) is 130 Å². The summed E-state index contributed by atoms with van der Waals surface area (Å²) in [6.45, 7) is 8.06. The molecule has 5 rings (SSSR count). The molecular formula is C32H36N6O5. The van der Waals surface area contributed by atoms with Gasteiger partial charge in [-0.1, -0.05) is 18.2 Å². The lowest BCUT2D eigenvalue weighted by atomic mass is 10.0. The number of amides is 1. The summed E-state index contributed by atoms with van der Waals surface area (Å²) in [6, 6.07) is 13.3. The fraction of sp³-hybridized carbons (Fsp3) is 0.375. The predicted molar refractivity (Wildman–Crippen MR) is 159 cm³/mol. The SMILES string of the molecule is CCOC(=O)c1c(-c2ccc(OCc3ccc(C4CC4)nc3)cc2)c(-c2ccncn2)nn1CCNC(=O)OC(C)(C)C. The van der Waals surface area contributed by atoms with Gasteiger partial charge in [0.05, 0.1) is 18.8 Å². The highest BCUT2D eigenvalue weighted by Gasteiger charge is 2.28. The molecular weight excluding hydrogens is 548 g/mol. The van der Waals surface area contributed by atoms with E-state index in [1.807, 2.05) is 30.5 Å². The van der Waals surface area contributed by atoms with Crippen LogP contribution in [0.15, 0.2) is 61.2 Å². The molecule has 1 aromatic carbocycles. The summed E-state index contributed by atoms with van der Waals surface area (Å²) in [7, 11) is 0. The molecule has 11 heteroatoms. The zero-order valence-electron chi connectivity index (χ0n) is 24.9. The highest BCUT2D eigenvalue weighted by molar-refractivity contribution is 6.00. The average molecular weight is 585 g/mol. The molecule has 11 nitrogen and oxygen atoms in total. The van der Waals surface area contributed by atoms with Crippen LogP contribution in [-0.2, 0) is 22.6 Å². The first-order valence-corrected chi connectivity index (χ1v) is 14.4. The maximum atomic E-state index is 13.3. The number of pyridine rings is 1. The molecule has 3 aromatic heterocycles. The Morgan fingerprint density at radius 1 is 1.05 bits per heavy atom. The summed E-state index contributed by atoms with van der Waals surface area (Å²) in [6.07, 6.45) is 6.78. The van der Waals surface area contributed by atoms with Crippen molar-refractivity contribution in [3.63, 3.8) is 0 Å². The van der Waals surface area contributed by atoms with E-state index in [1.165, 1.54) is 23.9 Å². The number of carbonyl (C=O) groups is 2. The van der Waals surface area contributed by atoms with Gasteiger partial charge in [-0.3, -0.25) is 9.67 Å². The molecule has 43 heavy (non-hydrogen) atoms. The molecule has 1 aliphatic rings. The van der Waals surface area contributed by atoms with E-state index in [9.17, 15) is 9.59 Å². The third-order valence-electron chi connectivity index (χ3n) is 6.63. The molecule has 0 unspecified atom stereocenters. The van der Waals surface area contributed by atoms with Crippen molar-refractivity contribution in [2.24, 2.45) is 0 Å². The van der Waals surface area contributed by atoms with Crippen LogP contribution < -0.4 is 10.1 Å². The molecule has 224 valence electrons. The molecule has 1 N–H and O–H groups in total. The minimum absolute atomic E-state index is 0.176. The molecule has 3 heterocycles. The van der Waals surface area contributed by atoms with Crippen LogP contribution in [0, 0.1) is 0 Å². The number of esters is 1. The normalized spacial score (nSPS) is 12.9. The van der Waals surface area contributed by atoms with Crippen LogP contribution in [0.25, 0.3) is 22.5 Å². The summed E-state index contributed by atoms with van der Waals surface area (Å²) in [5, 5.41) is 7.47. The lowest BCUT2D eigenvalue weighted by molar-refractivity contribution is 0.0513. The van der Waals surface area contributed by atoms with E-state index in [0.29, 0.717) is 35.2 Å². The highest BCUT2D eigenvalue weighted by Crippen LogP contribution is 2.39. The van der Waals surface area contributed by atoms with Gasteiger partial charge in [0, 0.05) is 41.7 Å². The number of benzene rings is 1. The second-order valence-corrected chi connectivity index (χ2v) is 11.2. The van der Waals surface area contributed by atoms with Gasteiger partial charge in [0.1, 0.15) is 30.0 Å². The van der Waals surface area contributed by atoms with Gasteiger partial charge >= 0.3 is 12.1 Å².